The van der Waals surface area contributed by atoms with Crippen molar-refractivity contribution in [2.45, 2.75) is 52.1 Å². The molecule has 4 nitrogen and oxygen atoms in total. The Kier molecular flexibility index (Phi) is 9.13. The van der Waals surface area contributed by atoms with Gasteiger partial charge in [0, 0.05) is 30.7 Å². The Labute approximate surface area is 174 Å². The third-order valence-electron chi connectivity index (χ3n) is 5.35. The summed E-state index contributed by atoms with van der Waals surface area (Å²) in [6, 6.07) is 8.66. The maximum atomic E-state index is 13.2. The summed E-state index contributed by atoms with van der Waals surface area (Å²) in [5, 5.41) is 3.08. The van der Waals surface area contributed by atoms with Crippen LogP contribution in [0.4, 0.5) is 4.39 Å². The van der Waals surface area contributed by atoms with Gasteiger partial charge in [0.1, 0.15) is 12.4 Å². The third-order valence-corrected chi connectivity index (χ3v) is 5.35. The molecule has 0 spiro atoms. The molecule has 1 N–H and O–H groups in total. The minimum absolute atomic E-state index is 0.119. The molecule has 158 valence electrons. The quantitative estimate of drug-likeness (QED) is 0.356. The number of benzene rings is 1. The second kappa shape index (κ2) is 11.6. The molecule has 1 amide bonds. The Balaban J connectivity index is 1.83. The number of rotatable bonds is 9. The van der Waals surface area contributed by atoms with Crippen molar-refractivity contribution in [3.8, 4) is 5.75 Å². The van der Waals surface area contributed by atoms with Gasteiger partial charge in [-0.2, -0.15) is 0 Å². The van der Waals surface area contributed by atoms with Gasteiger partial charge < -0.3 is 10.1 Å². The molecule has 1 aromatic carbocycles. The van der Waals surface area contributed by atoms with Gasteiger partial charge in [0.05, 0.1) is 5.83 Å². The Morgan fingerprint density at radius 3 is 2.55 bits per heavy atom. The van der Waals surface area contributed by atoms with Crippen molar-refractivity contribution in [1.29, 1.82) is 0 Å². The van der Waals surface area contributed by atoms with Crippen molar-refractivity contribution < 1.29 is 13.9 Å². The summed E-state index contributed by atoms with van der Waals surface area (Å²) in [6.07, 6.45) is 6.80. The van der Waals surface area contributed by atoms with E-state index in [-0.39, 0.29) is 17.8 Å². The molecule has 5 heteroatoms. The third kappa shape index (κ3) is 7.17. The summed E-state index contributed by atoms with van der Waals surface area (Å²) in [7, 11) is 0. The highest BCUT2D eigenvalue weighted by Crippen LogP contribution is 2.26. The van der Waals surface area contributed by atoms with Crippen molar-refractivity contribution in [3.63, 3.8) is 0 Å². The van der Waals surface area contributed by atoms with E-state index in [4.69, 9.17) is 4.74 Å². The van der Waals surface area contributed by atoms with Crippen LogP contribution < -0.4 is 10.1 Å². The molecule has 1 saturated heterocycles. The standard InChI is InChI=1S/C24H33FN2O2/c1-5-17-29-23-11-8-20(9-12-23)19(4)27-15-13-22(14-16-27)26-24(28)18(3)7-10-21(25)6-2/h5,7-12,19,22H,1,6,13-17H2,2-4H3,(H,26,28)/b18-7+,21-10+. The van der Waals surface area contributed by atoms with E-state index in [1.165, 1.54) is 11.6 Å². The maximum absolute atomic E-state index is 13.2. The molecule has 1 aliphatic rings. The molecule has 0 saturated carbocycles. The summed E-state index contributed by atoms with van der Waals surface area (Å²) in [6.45, 7) is 11.7. The van der Waals surface area contributed by atoms with Crippen LogP contribution >= 0.6 is 0 Å². The topological polar surface area (TPSA) is 41.6 Å². The summed E-state index contributed by atoms with van der Waals surface area (Å²) in [5.41, 5.74) is 1.78. The van der Waals surface area contributed by atoms with Crippen LogP contribution in [0, 0.1) is 0 Å². The van der Waals surface area contributed by atoms with Gasteiger partial charge in [0.2, 0.25) is 5.91 Å². The Bertz CT molecular complexity index is 732. The highest BCUT2D eigenvalue weighted by Gasteiger charge is 2.24. The average molecular weight is 401 g/mol. The second-order valence-electron chi connectivity index (χ2n) is 7.45. The van der Waals surface area contributed by atoms with Gasteiger partial charge in [-0.3, -0.25) is 9.69 Å². The molecular formula is C24H33FN2O2. The number of halogens is 1. The lowest BCUT2D eigenvalue weighted by atomic mass is 10.00. The molecule has 29 heavy (non-hydrogen) atoms. The minimum Gasteiger partial charge on any atom is -0.490 e. The number of hydrogen-bond acceptors (Lipinski definition) is 3. The zero-order valence-corrected chi connectivity index (χ0v) is 17.8. The van der Waals surface area contributed by atoms with Gasteiger partial charge in [-0.15, -0.1) is 0 Å². The Morgan fingerprint density at radius 2 is 1.97 bits per heavy atom. The highest BCUT2D eigenvalue weighted by molar-refractivity contribution is 5.93. The van der Waals surface area contributed by atoms with Crippen molar-refractivity contribution >= 4 is 5.91 Å². The fraction of sp³-hybridized carbons (Fsp3) is 0.458. The summed E-state index contributed by atoms with van der Waals surface area (Å²) < 4.78 is 18.8. The first-order chi connectivity index (χ1) is 13.9. The van der Waals surface area contributed by atoms with Crippen LogP contribution in [-0.2, 0) is 4.79 Å². The van der Waals surface area contributed by atoms with Crippen LogP contribution in [0.25, 0.3) is 0 Å². The lowest BCUT2D eigenvalue weighted by molar-refractivity contribution is -0.118. The molecule has 1 fully saturated rings. The van der Waals surface area contributed by atoms with Crippen molar-refractivity contribution in [1.82, 2.24) is 10.2 Å². The van der Waals surface area contributed by atoms with Gasteiger partial charge in [0.25, 0.3) is 0 Å². The number of hydrogen-bond donors (Lipinski definition) is 1. The van der Waals surface area contributed by atoms with Gasteiger partial charge in [0.15, 0.2) is 0 Å². The first-order valence-corrected chi connectivity index (χ1v) is 10.4. The smallest absolute Gasteiger partial charge is 0.247 e. The number of likely N-dealkylation sites (tertiary alicyclic amines) is 1. The first-order valence-electron chi connectivity index (χ1n) is 10.4. The normalized spacial score (nSPS) is 17.7. The average Bonchev–Trinajstić information content (AvgIpc) is 2.76. The monoisotopic (exact) mass is 400 g/mol. The molecule has 0 aliphatic carbocycles. The van der Waals surface area contributed by atoms with Gasteiger partial charge >= 0.3 is 0 Å². The lowest BCUT2D eigenvalue weighted by Crippen LogP contribution is -2.45. The van der Waals surface area contributed by atoms with Gasteiger partial charge in [-0.25, -0.2) is 4.39 Å². The predicted octanol–water partition coefficient (Wildman–Crippen LogP) is 5.10. The number of allylic oxidation sites excluding steroid dienone is 3. The fourth-order valence-electron chi connectivity index (χ4n) is 3.35. The number of carbonyl (C=O) groups excluding carboxylic acids is 1. The number of nitrogens with zero attached hydrogens (tertiary/aromatic N) is 1. The highest BCUT2D eigenvalue weighted by atomic mass is 19.1. The van der Waals surface area contributed by atoms with E-state index in [1.54, 1.807) is 26.0 Å². The molecule has 1 atom stereocenters. The van der Waals surface area contributed by atoms with Crippen LogP contribution in [0.3, 0.4) is 0 Å². The van der Waals surface area contributed by atoms with Crippen LogP contribution in [0.1, 0.15) is 51.6 Å². The lowest BCUT2D eigenvalue weighted by Gasteiger charge is -2.36. The number of piperidine rings is 1. The summed E-state index contributed by atoms with van der Waals surface area (Å²) in [5.74, 6) is 0.505. The molecular weight excluding hydrogens is 367 g/mol. The van der Waals surface area contributed by atoms with E-state index < -0.39 is 0 Å². The number of ether oxygens (including phenoxy) is 1. The van der Waals surface area contributed by atoms with Gasteiger partial charge in [-0.1, -0.05) is 37.8 Å². The number of nitrogens with one attached hydrogen (secondary N) is 1. The molecule has 2 rings (SSSR count). The predicted molar refractivity (Wildman–Crippen MR) is 117 cm³/mol. The zero-order chi connectivity index (χ0) is 21.2. The van der Waals surface area contributed by atoms with Crippen molar-refractivity contribution in [2.24, 2.45) is 0 Å². The fourth-order valence-corrected chi connectivity index (χ4v) is 3.35. The van der Waals surface area contributed by atoms with Crippen LogP contribution in [0.2, 0.25) is 0 Å². The van der Waals surface area contributed by atoms with Crippen LogP contribution in [-0.4, -0.2) is 36.5 Å². The van der Waals surface area contributed by atoms with E-state index in [9.17, 15) is 9.18 Å². The Hall–Kier alpha value is -2.40. The zero-order valence-electron chi connectivity index (χ0n) is 17.8. The molecule has 1 heterocycles. The SMILES string of the molecule is C=CCOc1ccc(C(C)N2CCC(NC(=O)/C(C)=C/C=C(/F)CC)CC2)cc1. The molecule has 1 aliphatic heterocycles. The van der Waals surface area contributed by atoms with Crippen LogP contribution in [0.5, 0.6) is 5.75 Å². The van der Waals surface area contributed by atoms with Crippen molar-refractivity contribution in [3.05, 3.63) is 66.0 Å². The molecule has 1 aromatic rings. The molecule has 0 radical (unpaired) electrons. The minimum atomic E-state index is -0.222. The van der Waals surface area contributed by atoms with E-state index in [0.717, 1.165) is 31.7 Å². The van der Waals surface area contributed by atoms with E-state index >= 15 is 0 Å². The van der Waals surface area contributed by atoms with Gasteiger partial charge in [-0.05, 0) is 56.9 Å². The summed E-state index contributed by atoms with van der Waals surface area (Å²) in [4.78, 5) is 14.7. The Morgan fingerprint density at radius 1 is 1.31 bits per heavy atom. The number of amides is 1. The second-order valence-corrected chi connectivity index (χ2v) is 7.45. The molecule has 1 unspecified atom stereocenters. The largest absolute Gasteiger partial charge is 0.490 e. The van der Waals surface area contributed by atoms with Crippen molar-refractivity contribution in [2.75, 3.05) is 19.7 Å². The summed E-state index contributed by atoms with van der Waals surface area (Å²) >= 11 is 0. The maximum Gasteiger partial charge on any atom is 0.247 e. The molecule has 0 aromatic heterocycles. The van der Waals surface area contributed by atoms with Crippen LogP contribution in [0.15, 0.2) is 60.5 Å². The first kappa shape index (κ1) is 22.9. The van der Waals surface area contributed by atoms with E-state index in [1.807, 2.05) is 12.1 Å². The van der Waals surface area contributed by atoms with E-state index in [2.05, 4.69) is 35.9 Å². The van der Waals surface area contributed by atoms with E-state index in [0.29, 0.717) is 24.6 Å². The molecule has 0 bridgehead atoms. The number of carbonyl (C=O) groups is 1.